The minimum Gasteiger partial charge on any atom is -0.494 e. The third kappa shape index (κ3) is 5.35. The molecular weight excluding hydrogens is 260 g/mol. The molecule has 21 heavy (non-hydrogen) atoms. The van der Waals surface area contributed by atoms with Crippen molar-refractivity contribution in [2.45, 2.75) is 64.9 Å². The van der Waals surface area contributed by atoms with Crippen LogP contribution in [0.1, 0.15) is 70.5 Å². The molecule has 0 aromatic heterocycles. The van der Waals surface area contributed by atoms with Gasteiger partial charge in [-0.05, 0) is 49.3 Å². The van der Waals surface area contributed by atoms with Gasteiger partial charge in [0.25, 0.3) is 0 Å². The Bertz CT molecular complexity index is 377. The molecule has 0 bridgehead atoms. The number of benzene rings is 1. The van der Waals surface area contributed by atoms with Gasteiger partial charge in [-0.15, -0.1) is 0 Å². The Hall–Kier alpha value is -1.02. The van der Waals surface area contributed by atoms with Crippen LogP contribution in [0.15, 0.2) is 24.3 Å². The SMILES string of the molecule is CCCCCOc1ccc(C2CCC(CCC)CO2)cc1. The fraction of sp³-hybridized carbons (Fsp3) is 0.684. The van der Waals surface area contributed by atoms with Gasteiger partial charge in [0.1, 0.15) is 5.75 Å². The van der Waals surface area contributed by atoms with Crippen molar-refractivity contribution < 1.29 is 9.47 Å². The normalized spacial score (nSPS) is 22.2. The summed E-state index contributed by atoms with van der Waals surface area (Å²) in [7, 11) is 0. The maximum atomic E-state index is 6.04. The summed E-state index contributed by atoms with van der Waals surface area (Å²) >= 11 is 0. The Kier molecular flexibility index (Phi) is 7.08. The van der Waals surface area contributed by atoms with Crippen molar-refractivity contribution in [1.82, 2.24) is 0 Å². The molecule has 1 heterocycles. The van der Waals surface area contributed by atoms with Crippen LogP contribution in [0.5, 0.6) is 5.75 Å². The maximum absolute atomic E-state index is 6.04. The van der Waals surface area contributed by atoms with E-state index in [1.165, 1.54) is 37.7 Å². The fourth-order valence-electron chi connectivity index (χ4n) is 3.03. The van der Waals surface area contributed by atoms with Gasteiger partial charge < -0.3 is 9.47 Å². The van der Waals surface area contributed by atoms with Crippen LogP contribution in [-0.4, -0.2) is 13.2 Å². The standard InChI is InChI=1S/C19H30O2/c1-3-5-6-14-20-18-11-9-17(10-12-18)19-13-8-16(7-4-2)15-21-19/h9-12,16,19H,3-8,13-15H2,1-2H3. The van der Waals surface area contributed by atoms with Crippen molar-refractivity contribution in [2.75, 3.05) is 13.2 Å². The molecule has 2 nitrogen and oxygen atoms in total. The molecule has 0 amide bonds. The van der Waals surface area contributed by atoms with Crippen LogP contribution in [0.25, 0.3) is 0 Å². The van der Waals surface area contributed by atoms with Crippen molar-refractivity contribution in [3.8, 4) is 5.75 Å². The number of unbranched alkanes of at least 4 members (excludes halogenated alkanes) is 2. The van der Waals surface area contributed by atoms with E-state index in [2.05, 4.69) is 38.1 Å². The summed E-state index contributed by atoms with van der Waals surface area (Å²) in [4.78, 5) is 0. The first-order valence-corrected chi connectivity index (χ1v) is 8.67. The van der Waals surface area contributed by atoms with E-state index in [9.17, 15) is 0 Å². The van der Waals surface area contributed by atoms with E-state index in [1.54, 1.807) is 0 Å². The topological polar surface area (TPSA) is 18.5 Å². The lowest BCUT2D eigenvalue weighted by atomic mass is 9.92. The Morgan fingerprint density at radius 1 is 1.05 bits per heavy atom. The predicted molar refractivity (Wildman–Crippen MR) is 87.8 cm³/mol. The molecular formula is C19H30O2. The number of hydrogen-bond donors (Lipinski definition) is 0. The summed E-state index contributed by atoms with van der Waals surface area (Å²) in [5.74, 6) is 1.75. The Morgan fingerprint density at radius 2 is 1.86 bits per heavy atom. The highest BCUT2D eigenvalue weighted by Crippen LogP contribution is 2.32. The average Bonchev–Trinajstić information content (AvgIpc) is 2.53. The molecule has 2 heteroatoms. The van der Waals surface area contributed by atoms with Crippen molar-refractivity contribution in [1.29, 1.82) is 0 Å². The summed E-state index contributed by atoms with van der Waals surface area (Å²) in [5.41, 5.74) is 1.30. The third-order valence-electron chi connectivity index (χ3n) is 4.34. The minimum atomic E-state index is 0.284. The molecule has 0 spiro atoms. The van der Waals surface area contributed by atoms with Crippen LogP contribution < -0.4 is 4.74 Å². The van der Waals surface area contributed by atoms with Gasteiger partial charge >= 0.3 is 0 Å². The van der Waals surface area contributed by atoms with E-state index >= 15 is 0 Å². The van der Waals surface area contributed by atoms with Crippen LogP contribution in [0.2, 0.25) is 0 Å². The van der Waals surface area contributed by atoms with Gasteiger partial charge in [0, 0.05) is 0 Å². The number of rotatable bonds is 8. The van der Waals surface area contributed by atoms with E-state index in [1.807, 2.05) is 0 Å². The highest BCUT2D eigenvalue weighted by molar-refractivity contribution is 5.28. The molecule has 2 rings (SSSR count). The number of hydrogen-bond acceptors (Lipinski definition) is 2. The lowest BCUT2D eigenvalue weighted by molar-refractivity contribution is -0.0194. The van der Waals surface area contributed by atoms with Gasteiger partial charge in [0.05, 0.1) is 19.3 Å². The van der Waals surface area contributed by atoms with Crippen LogP contribution in [0, 0.1) is 5.92 Å². The quantitative estimate of drug-likeness (QED) is 0.587. The van der Waals surface area contributed by atoms with Gasteiger partial charge in [-0.1, -0.05) is 45.2 Å². The summed E-state index contributed by atoms with van der Waals surface area (Å²) in [6.45, 7) is 6.22. The fourth-order valence-corrected chi connectivity index (χ4v) is 3.03. The van der Waals surface area contributed by atoms with E-state index < -0.39 is 0 Å². The molecule has 2 unspecified atom stereocenters. The van der Waals surface area contributed by atoms with E-state index in [4.69, 9.17) is 9.47 Å². The molecule has 1 fully saturated rings. The summed E-state index contributed by atoms with van der Waals surface area (Å²) in [6, 6.07) is 8.51. The molecule has 118 valence electrons. The second-order valence-corrected chi connectivity index (χ2v) is 6.18. The predicted octanol–water partition coefficient (Wildman–Crippen LogP) is 5.52. The van der Waals surface area contributed by atoms with Crippen molar-refractivity contribution >= 4 is 0 Å². The molecule has 1 saturated heterocycles. The van der Waals surface area contributed by atoms with Crippen LogP contribution in [0.3, 0.4) is 0 Å². The smallest absolute Gasteiger partial charge is 0.119 e. The molecule has 0 saturated carbocycles. The van der Waals surface area contributed by atoms with E-state index in [0.717, 1.165) is 37.7 Å². The molecule has 2 atom stereocenters. The van der Waals surface area contributed by atoms with Crippen LogP contribution >= 0.6 is 0 Å². The zero-order valence-corrected chi connectivity index (χ0v) is 13.6. The summed E-state index contributed by atoms with van der Waals surface area (Å²) in [5, 5.41) is 0. The van der Waals surface area contributed by atoms with Gasteiger partial charge in [-0.2, -0.15) is 0 Å². The first-order chi connectivity index (χ1) is 10.3. The van der Waals surface area contributed by atoms with Crippen molar-refractivity contribution in [3.63, 3.8) is 0 Å². The lowest BCUT2D eigenvalue weighted by Crippen LogP contribution is -2.20. The van der Waals surface area contributed by atoms with E-state index in [-0.39, 0.29) is 6.10 Å². The first kappa shape index (κ1) is 16.4. The highest BCUT2D eigenvalue weighted by Gasteiger charge is 2.22. The molecule has 1 aliphatic rings. The zero-order chi connectivity index (χ0) is 14.9. The molecule has 0 aliphatic carbocycles. The molecule has 0 radical (unpaired) electrons. The highest BCUT2D eigenvalue weighted by atomic mass is 16.5. The third-order valence-corrected chi connectivity index (χ3v) is 4.34. The number of ether oxygens (including phenoxy) is 2. The van der Waals surface area contributed by atoms with E-state index in [0.29, 0.717) is 0 Å². The van der Waals surface area contributed by atoms with Crippen LogP contribution in [0.4, 0.5) is 0 Å². The summed E-state index contributed by atoms with van der Waals surface area (Å²) in [6.07, 6.45) is 8.93. The molecule has 1 aromatic rings. The van der Waals surface area contributed by atoms with Crippen molar-refractivity contribution in [2.24, 2.45) is 5.92 Å². The van der Waals surface area contributed by atoms with Gasteiger partial charge in [0.2, 0.25) is 0 Å². The zero-order valence-electron chi connectivity index (χ0n) is 13.6. The summed E-state index contributed by atoms with van der Waals surface area (Å²) < 4.78 is 11.8. The molecule has 0 N–H and O–H groups in total. The van der Waals surface area contributed by atoms with Gasteiger partial charge in [-0.25, -0.2) is 0 Å². The van der Waals surface area contributed by atoms with Gasteiger partial charge in [0.15, 0.2) is 0 Å². The molecule has 1 aromatic carbocycles. The van der Waals surface area contributed by atoms with Crippen LogP contribution in [-0.2, 0) is 4.74 Å². The minimum absolute atomic E-state index is 0.284. The average molecular weight is 290 g/mol. The molecule has 1 aliphatic heterocycles. The lowest BCUT2D eigenvalue weighted by Gasteiger charge is -2.29. The monoisotopic (exact) mass is 290 g/mol. The Morgan fingerprint density at radius 3 is 2.48 bits per heavy atom. The van der Waals surface area contributed by atoms with Crippen molar-refractivity contribution in [3.05, 3.63) is 29.8 Å². The first-order valence-electron chi connectivity index (χ1n) is 8.67. The second-order valence-electron chi connectivity index (χ2n) is 6.18. The maximum Gasteiger partial charge on any atom is 0.119 e. The Labute approximate surface area is 129 Å². The largest absolute Gasteiger partial charge is 0.494 e. The Balaban J connectivity index is 1.77. The van der Waals surface area contributed by atoms with Gasteiger partial charge in [-0.3, -0.25) is 0 Å². The second kappa shape index (κ2) is 9.09.